The molecule has 8 heteroatoms. The molecular weight excluding hydrogens is 435 g/mol. The molecule has 0 aromatic heterocycles. The van der Waals surface area contributed by atoms with Gasteiger partial charge in [0.25, 0.3) is 11.8 Å². The lowest BCUT2D eigenvalue weighted by Crippen LogP contribution is -2.21. The first-order chi connectivity index (χ1) is 13.9. The van der Waals surface area contributed by atoms with Gasteiger partial charge in [0.15, 0.2) is 6.61 Å². The molecule has 0 bridgehead atoms. The smallest absolute Gasteiger partial charge is 0.262 e. The number of benzene rings is 3. The van der Waals surface area contributed by atoms with Crippen molar-refractivity contribution in [3.8, 4) is 5.75 Å². The van der Waals surface area contributed by atoms with E-state index in [0.29, 0.717) is 16.9 Å². The zero-order valence-corrected chi connectivity index (χ0v) is 17.2. The molecule has 3 aromatic rings. The first kappa shape index (κ1) is 21.0. The van der Waals surface area contributed by atoms with E-state index < -0.39 is 5.91 Å². The first-order valence-corrected chi connectivity index (χ1v) is 9.60. The Kier molecular flexibility index (Phi) is 6.99. The summed E-state index contributed by atoms with van der Waals surface area (Å²) in [6.45, 7) is -0.327. The maximum absolute atomic E-state index is 12.5. The molecule has 0 heterocycles. The number of carbonyl (C=O) groups excluding carboxylic acids is 2. The minimum atomic E-state index is -0.469. The highest BCUT2D eigenvalue weighted by Gasteiger charge is 2.15. The van der Waals surface area contributed by atoms with E-state index in [1.54, 1.807) is 36.4 Å². The molecule has 0 aliphatic carbocycles. The van der Waals surface area contributed by atoms with Gasteiger partial charge in [-0.1, -0.05) is 65.1 Å². The fourth-order valence-electron chi connectivity index (χ4n) is 2.45. The maximum atomic E-state index is 12.5. The quantitative estimate of drug-likeness (QED) is 0.459. The summed E-state index contributed by atoms with van der Waals surface area (Å²) in [6, 6.07) is 18.6. The summed E-state index contributed by atoms with van der Waals surface area (Å²) in [5.41, 5.74) is 1.26. The van der Waals surface area contributed by atoms with Crippen LogP contribution in [0.15, 0.2) is 66.7 Å². The van der Waals surface area contributed by atoms with Gasteiger partial charge in [-0.25, -0.2) is 0 Å². The molecule has 0 radical (unpaired) electrons. The van der Waals surface area contributed by atoms with Crippen molar-refractivity contribution in [2.24, 2.45) is 0 Å². The topological polar surface area (TPSA) is 67.4 Å². The molecule has 0 fully saturated rings. The van der Waals surface area contributed by atoms with Crippen molar-refractivity contribution in [2.45, 2.75) is 0 Å². The average molecular weight is 450 g/mol. The number of rotatable bonds is 6. The molecule has 0 saturated heterocycles. The number of carbonyl (C=O) groups is 2. The molecule has 0 spiro atoms. The molecule has 5 nitrogen and oxygen atoms in total. The highest BCUT2D eigenvalue weighted by Crippen LogP contribution is 2.32. The second-order valence-electron chi connectivity index (χ2n) is 5.90. The van der Waals surface area contributed by atoms with E-state index in [9.17, 15) is 9.59 Å². The van der Waals surface area contributed by atoms with Crippen molar-refractivity contribution in [3.63, 3.8) is 0 Å². The van der Waals surface area contributed by atoms with Gasteiger partial charge in [-0.15, -0.1) is 0 Å². The van der Waals surface area contributed by atoms with Gasteiger partial charge in [0.05, 0.1) is 26.3 Å². The fourth-order valence-corrected chi connectivity index (χ4v) is 3.04. The molecule has 0 aliphatic heterocycles. The van der Waals surface area contributed by atoms with Crippen LogP contribution in [0.5, 0.6) is 5.75 Å². The number of nitrogens with one attached hydrogen (secondary N) is 2. The summed E-state index contributed by atoms with van der Waals surface area (Å²) in [7, 11) is 0. The third kappa shape index (κ3) is 5.64. The molecule has 2 amide bonds. The summed E-state index contributed by atoms with van der Waals surface area (Å²) < 4.78 is 5.55. The van der Waals surface area contributed by atoms with Crippen LogP contribution in [0.3, 0.4) is 0 Å². The van der Waals surface area contributed by atoms with Gasteiger partial charge in [-0.2, -0.15) is 0 Å². The van der Waals surface area contributed by atoms with Crippen LogP contribution in [-0.4, -0.2) is 18.4 Å². The molecular formula is C21H15Cl3N2O3. The zero-order chi connectivity index (χ0) is 20.8. The van der Waals surface area contributed by atoms with Crippen molar-refractivity contribution in [1.82, 2.24) is 0 Å². The first-order valence-electron chi connectivity index (χ1n) is 8.46. The third-order valence-electron chi connectivity index (χ3n) is 3.81. The van der Waals surface area contributed by atoms with Gasteiger partial charge < -0.3 is 15.4 Å². The molecule has 148 valence electrons. The maximum Gasteiger partial charge on any atom is 0.262 e. The Morgan fingerprint density at radius 3 is 2.21 bits per heavy atom. The largest absolute Gasteiger partial charge is 0.483 e. The van der Waals surface area contributed by atoms with Gasteiger partial charge in [0.2, 0.25) is 0 Å². The Morgan fingerprint density at radius 1 is 0.793 bits per heavy atom. The van der Waals surface area contributed by atoms with Crippen molar-refractivity contribution in [3.05, 3.63) is 87.4 Å². The molecule has 2 N–H and O–H groups in total. The Hall–Kier alpha value is -2.73. The Balaban J connectivity index is 1.66. The number of halogens is 3. The van der Waals surface area contributed by atoms with Crippen LogP contribution in [0.2, 0.25) is 15.1 Å². The normalized spacial score (nSPS) is 10.3. The molecule has 3 rings (SSSR count). The van der Waals surface area contributed by atoms with Crippen LogP contribution in [0.1, 0.15) is 10.4 Å². The minimum Gasteiger partial charge on any atom is -0.483 e. The van der Waals surface area contributed by atoms with Gasteiger partial charge in [0, 0.05) is 5.69 Å². The average Bonchev–Trinajstić information content (AvgIpc) is 2.71. The second-order valence-corrected chi connectivity index (χ2v) is 7.12. The van der Waals surface area contributed by atoms with Crippen LogP contribution in [0.25, 0.3) is 0 Å². The van der Waals surface area contributed by atoms with E-state index >= 15 is 0 Å². The van der Waals surface area contributed by atoms with E-state index in [-0.39, 0.29) is 33.3 Å². The van der Waals surface area contributed by atoms with Gasteiger partial charge in [-0.05, 0) is 36.4 Å². The molecule has 0 unspecified atom stereocenters. The molecule has 3 aromatic carbocycles. The number of para-hydroxylation sites is 2. The van der Waals surface area contributed by atoms with Gasteiger partial charge >= 0.3 is 0 Å². The lowest BCUT2D eigenvalue weighted by Gasteiger charge is -2.13. The minimum absolute atomic E-state index is 0.246. The number of hydrogen-bond acceptors (Lipinski definition) is 3. The SMILES string of the molecule is O=C(COc1ccccc1C(=O)Nc1ccccc1)Nc1cc(Cl)c(Cl)cc1Cl. The van der Waals surface area contributed by atoms with Gasteiger partial charge in [0.1, 0.15) is 5.75 Å². The van der Waals surface area contributed by atoms with E-state index in [2.05, 4.69) is 10.6 Å². The molecule has 0 atom stereocenters. The summed E-state index contributed by atoms with van der Waals surface area (Å²) in [4.78, 5) is 24.8. The number of anilines is 2. The van der Waals surface area contributed by atoms with Crippen molar-refractivity contribution in [2.75, 3.05) is 17.2 Å². The van der Waals surface area contributed by atoms with E-state index in [4.69, 9.17) is 39.5 Å². The standard InChI is InChI=1S/C21H15Cl3N2O3/c22-15-10-17(24)18(11-16(15)23)26-20(27)12-29-19-9-5-4-8-14(19)21(28)25-13-6-2-1-3-7-13/h1-11H,12H2,(H,25,28)(H,26,27). The Bertz CT molecular complexity index is 1040. The molecule has 29 heavy (non-hydrogen) atoms. The highest BCUT2D eigenvalue weighted by molar-refractivity contribution is 6.44. The van der Waals surface area contributed by atoms with Crippen LogP contribution < -0.4 is 15.4 Å². The summed E-state index contributed by atoms with van der Waals surface area (Å²) >= 11 is 17.9. The van der Waals surface area contributed by atoms with Crippen molar-refractivity contribution in [1.29, 1.82) is 0 Å². The van der Waals surface area contributed by atoms with Gasteiger partial charge in [-0.3, -0.25) is 9.59 Å². The second kappa shape index (κ2) is 9.65. The zero-order valence-electron chi connectivity index (χ0n) is 14.9. The summed E-state index contributed by atoms with van der Waals surface area (Å²) in [6.07, 6.45) is 0. The van der Waals surface area contributed by atoms with Crippen molar-refractivity contribution < 1.29 is 14.3 Å². The summed E-state index contributed by atoms with van der Waals surface area (Å²) in [5, 5.41) is 6.17. The van der Waals surface area contributed by atoms with E-state index in [0.717, 1.165) is 0 Å². The van der Waals surface area contributed by atoms with Crippen LogP contribution in [-0.2, 0) is 4.79 Å². The predicted molar refractivity (Wildman–Crippen MR) is 116 cm³/mol. The fraction of sp³-hybridized carbons (Fsp3) is 0.0476. The third-order valence-corrected chi connectivity index (χ3v) is 4.84. The predicted octanol–water partition coefficient (Wildman–Crippen LogP) is 5.92. The number of ether oxygens (including phenoxy) is 1. The van der Waals surface area contributed by atoms with Crippen LogP contribution >= 0.6 is 34.8 Å². The highest BCUT2D eigenvalue weighted by atomic mass is 35.5. The van der Waals surface area contributed by atoms with Crippen LogP contribution in [0, 0.1) is 0 Å². The van der Waals surface area contributed by atoms with E-state index in [1.165, 1.54) is 12.1 Å². The Morgan fingerprint density at radius 2 is 1.45 bits per heavy atom. The Labute approximate surface area is 182 Å². The lowest BCUT2D eigenvalue weighted by molar-refractivity contribution is -0.118. The number of hydrogen-bond donors (Lipinski definition) is 2. The monoisotopic (exact) mass is 448 g/mol. The van der Waals surface area contributed by atoms with Crippen molar-refractivity contribution >= 4 is 58.0 Å². The lowest BCUT2D eigenvalue weighted by atomic mass is 10.2. The van der Waals surface area contributed by atoms with E-state index in [1.807, 2.05) is 18.2 Å². The number of amides is 2. The summed E-state index contributed by atoms with van der Waals surface area (Å²) in [5.74, 6) is -0.542. The molecule has 0 aliphatic rings. The van der Waals surface area contributed by atoms with Crippen LogP contribution in [0.4, 0.5) is 11.4 Å². The molecule has 0 saturated carbocycles.